The van der Waals surface area contributed by atoms with E-state index in [-0.39, 0.29) is 12.5 Å². The summed E-state index contributed by atoms with van der Waals surface area (Å²) in [5, 5.41) is 13.8. The lowest BCUT2D eigenvalue weighted by atomic mass is 10.1. The number of unbranched alkanes of at least 4 members (excludes halogenated alkanes) is 14. The first-order valence-electron chi connectivity index (χ1n) is 23.6. The van der Waals surface area contributed by atoms with Gasteiger partial charge in [-0.2, -0.15) is 0 Å². The highest BCUT2D eigenvalue weighted by Gasteiger charge is 2.23. The number of carbonyl (C=O) groups is 1. The second-order valence-corrected chi connectivity index (χ2v) is 18.1. The summed E-state index contributed by atoms with van der Waals surface area (Å²) in [4.78, 5) is 25.3. The Morgan fingerprint density at radius 2 is 1.03 bits per heavy atom. The SMILES string of the molecule is CC/C=C\C/C=C\C/C=C\C/C=C\C/C=C\C/C=C\CCCCCCC(=O)NC(COP(=O)([O-])OCC[N+](C)(C)C)C(O)/C=C/CC/C=C/CCCCCCCCCCC. The molecule has 0 aromatic rings. The molecule has 0 bridgehead atoms. The van der Waals surface area contributed by atoms with E-state index in [0.717, 1.165) is 83.5 Å². The van der Waals surface area contributed by atoms with Crippen LogP contribution in [0.5, 0.6) is 0 Å². The fraction of sp³-hybridized carbons (Fsp3) is 0.667. The summed E-state index contributed by atoms with van der Waals surface area (Å²) < 4.78 is 23.2. The molecule has 2 N–H and O–H groups in total. The second-order valence-electron chi connectivity index (χ2n) is 16.7. The van der Waals surface area contributed by atoms with Gasteiger partial charge in [0.05, 0.1) is 39.9 Å². The summed E-state index contributed by atoms with van der Waals surface area (Å²) in [5.41, 5.74) is 0. The van der Waals surface area contributed by atoms with Crippen LogP contribution in [0.2, 0.25) is 0 Å². The van der Waals surface area contributed by atoms with Crippen LogP contribution in [-0.4, -0.2) is 68.5 Å². The van der Waals surface area contributed by atoms with Crippen LogP contribution in [0.15, 0.2) is 97.2 Å². The zero-order valence-electron chi connectivity index (χ0n) is 38.9. The minimum Gasteiger partial charge on any atom is -0.756 e. The van der Waals surface area contributed by atoms with E-state index in [9.17, 15) is 19.4 Å². The molecule has 0 rings (SSSR count). The molecule has 9 heteroatoms. The zero-order valence-corrected chi connectivity index (χ0v) is 39.8. The Labute approximate surface area is 369 Å². The molecule has 60 heavy (non-hydrogen) atoms. The van der Waals surface area contributed by atoms with Crippen molar-refractivity contribution in [3.05, 3.63) is 97.2 Å². The molecule has 0 aromatic heterocycles. The van der Waals surface area contributed by atoms with Gasteiger partial charge in [0.25, 0.3) is 7.82 Å². The fourth-order valence-corrected chi connectivity index (χ4v) is 6.77. The number of carbonyl (C=O) groups excluding carboxylic acids is 1. The van der Waals surface area contributed by atoms with Crippen molar-refractivity contribution in [1.82, 2.24) is 5.32 Å². The van der Waals surface area contributed by atoms with Gasteiger partial charge in [0.15, 0.2) is 0 Å². The van der Waals surface area contributed by atoms with E-state index < -0.39 is 26.6 Å². The summed E-state index contributed by atoms with van der Waals surface area (Å²) >= 11 is 0. The van der Waals surface area contributed by atoms with Crippen LogP contribution in [0.25, 0.3) is 0 Å². The van der Waals surface area contributed by atoms with Crippen LogP contribution in [0.3, 0.4) is 0 Å². The smallest absolute Gasteiger partial charge is 0.268 e. The van der Waals surface area contributed by atoms with Gasteiger partial charge in [0.2, 0.25) is 5.91 Å². The molecular formula is C51H89N2O6P. The number of quaternary nitrogens is 1. The average molecular weight is 857 g/mol. The first-order valence-corrected chi connectivity index (χ1v) is 25.1. The number of rotatable bonds is 41. The highest BCUT2D eigenvalue weighted by Crippen LogP contribution is 2.38. The molecule has 1 amide bonds. The molecule has 0 heterocycles. The maximum Gasteiger partial charge on any atom is 0.268 e. The molecule has 0 saturated carbocycles. The lowest BCUT2D eigenvalue weighted by Gasteiger charge is -2.29. The van der Waals surface area contributed by atoms with Gasteiger partial charge in [0, 0.05) is 6.42 Å². The van der Waals surface area contributed by atoms with Crippen molar-refractivity contribution in [3.63, 3.8) is 0 Å². The third-order valence-electron chi connectivity index (χ3n) is 9.78. The van der Waals surface area contributed by atoms with Crippen molar-refractivity contribution < 1.29 is 32.9 Å². The van der Waals surface area contributed by atoms with E-state index in [0.29, 0.717) is 23.9 Å². The summed E-state index contributed by atoms with van der Waals surface area (Å²) in [6, 6.07) is -0.923. The van der Waals surface area contributed by atoms with E-state index >= 15 is 0 Å². The van der Waals surface area contributed by atoms with E-state index in [4.69, 9.17) is 9.05 Å². The van der Waals surface area contributed by atoms with Crippen molar-refractivity contribution in [1.29, 1.82) is 0 Å². The van der Waals surface area contributed by atoms with Crippen LogP contribution in [0.1, 0.15) is 168 Å². The molecule has 0 spiro atoms. The Morgan fingerprint density at radius 3 is 1.55 bits per heavy atom. The largest absolute Gasteiger partial charge is 0.756 e. The molecule has 0 fully saturated rings. The summed E-state index contributed by atoms with van der Waals surface area (Å²) in [7, 11) is 1.21. The topological polar surface area (TPSA) is 108 Å². The van der Waals surface area contributed by atoms with Crippen LogP contribution in [0, 0.1) is 0 Å². The van der Waals surface area contributed by atoms with Gasteiger partial charge >= 0.3 is 0 Å². The molecule has 0 aliphatic heterocycles. The molecule has 0 aliphatic carbocycles. The number of nitrogens with zero attached hydrogens (tertiary/aromatic N) is 1. The van der Waals surface area contributed by atoms with Gasteiger partial charge in [-0.15, -0.1) is 0 Å². The third kappa shape index (κ3) is 43.5. The first kappa shape index (κ1) is 57.4. The number of likely N-dealkylation sites (N-methyl/N-ethyl adjacent to an activating group) is 1. The predicted octanol–water partition coefficient (Wildman–Crippen LogP) is 12.9. The maximum atomic E-state index is 12.9. The Morgan fingerprint density at radius 1 is 0.600 bits per heavy atom. The van der Waals surface area contributed by atoms with Gasteiger partial charge in [-0.25, -0.2) is 0 Å². The van der Waals surface area contributed by atoms with Gasteiger partial charge in [0.1, 0.15) is 13.2 Å². The summed E-state index contributed by atoms with van der Waals surface area (Å²) in [6.45, 7) is 4.46. The lowest BCUT2D eigenvalue weighted by Crippen LogP contribution is -2.45. The van der Waals surface area contributed by atoms with Gasteiger partial charge in [-0.3, -0.25) is 9.36 Å². The second kappa shape index (κ2) is 41.8. The number of nitrogens with one attached hydrogen (secondary N) is 1. The number of allylic oxidation sites excluding steroid dienone is 15. The van der Waals surface area contributed by atoms with Crippen LogP contribution >= 0.6 is 7.82 Å². The molecule has 0 aromatic carbocycles. The van der Waals surface area contributed by atoms with Crippen molar-refractivity contribution in [3.8, 4) is 0 Å². The molecule has 0 radical (unpaired) electrons. The molecule has 0 saturated heterocycles. The predicted molar refractivity (Wildman–Crippen MR) is 256 cm³/mol. The van der Waals surface area contributed by atoms with Crippen LogP contribution < -0.4 is 10.2 Å². The van der Waals surface area contributed by atoms with Crippen molar-refractivity contribution in [2.45, 2.75) is 180 Å². The minimum atomic E-state index is -4.61. The van der Waals surface area contributed by atoms with Gasteiger partial charge in [-0.05, 0) is 83.5 Å². The fourth-order valence-electron chi connectivity index (χ4n) is 6.05. The number of hydrogen-bond donors (Lipinski definition) is 2. The Balaban J connectivity index is 4.49. The summed E-state index contributed by atoms with van der Waals surface area (Å²) in [6.07, 6.45) is 58.9. The Kier molecular flexibility index (Phi) is 40.0. The number of phosphoric ester groups is 1. The number of aliphatic hydroxyl groups excluding tert-OH is 1. The van der Waals surface area contributed by atoms with Crippen molar-refractivity contribution >= 4 is 13.7 Å². The van der Waals surface area contributed by atoms with Crippen molar-refractivity contribution in [2.75, 3.05) is 40.9 Å². The normalized spacial score (nSPS) is 15.1. The van der Waals surface area contributed by atoms with E-state index in [1.54, 1.807) is 6.08 Å². The zero-order chi connectivity index (χ0) is 44.3. The maximum absolute atomic E-state index is 12.9. The van der Waals surface area contributed by atoms with Gasteiger partial charge < -0.3 is 28.8 Å². The minimum absolute atomic E-state index is 0.0174. The number of aliphatic hydroxyl groups is 1. The summed E-state index contributed by atoms with van der Waals surface area (Å²) in [5.74, 6) is -0.237. The number of phosphoric acid groups is 1. The van der Waals surface area contributed by atoms with Gasteiger partial charge in [-0.1, -0.05) is 175 Å². The van der Waals surface area contributed by atoms with Crippen LogP contribution in [0.4, 0.5) is 0 Å². The standard InChI is InChI=1S/C51H89N2O6P/c1-6-8-10-12-14-16-18-20-22-23-24-25-26-27-28-29-31-33-35-37-39-41-43-45-51(55)52-49(48-59-60(56,57)58-47-46-53(3,4)5)50(54)44-42-40-38-36-34-32-30-21-19-17-15-13-11-9-7-2/h8,10,14,16,20,22,24-25,27-28,31,33-34,36,42,44,49-50,54H,6-7,9,11-13,15,17-19,21,23,26,29-30,32,35,37-41,43,45-48H2,1-5H3,(H-,52,55,56,57)/b10-8-,16-14-,22-20-,25-24-,28-27-,33-31-,36-34+,44-42+. The Hall–Kier alpha value is -2.58. The average Bonchev–Trinajstić information content (AvgIpc) is 3.20. The first-order chi connectivity index (χ1) is 29.0. The van der Waals surface area contributed by atoms with E-state index in [2.05, 4.69) is 104 Å². The number of amides is 1. The van der Waals surface area contributed by atoms with Crippen molar-refractivity contribution in [2.24, 2.45) is 0 Å². The highest BCUT2D eigenvalue weighted by atomic mass is 31.2. The quantitative estimate of drug-likeness (QED) is 0.0274. The highest BCUT2D eigenvalue weighted by molar-refractivity contribution is 7.45. The molecule has 0 aliphatic rings. The monoisotopic (exact) mass is 857 g/mol. The molecular weight excluding hydrogens is 768 g/mol. The molecule has 344 valence electrons. The third-order valence-corrected chi connectivity index (χ3v) is 10.7. The van der Waals surface area contributed by atoms with E-state index in [1.165, 1.54) is 57.8 Å². The van der Waals surface area contributed by atoms with E-state index in [1.807, 2.05) is 27.2 Å². The van der Waals surface area contributed by atoms with Crippen LogP contribution in [-0.2, 0) is 18.4 Å². The Bertz CT molecular complexity index is 1290. The number of hydrogen-bond acceptors (Lipinski definition) is 6. The lowest BCUT2D eigenvalue weighted by molar-refractivity contribution is -0.870. The molecule has 3 unspecified atom stereocenters. The molecule has 8 nitrogen and oxygen atoms in total. The molecule has 3 atom stereocenters.